The molecule has 0 amide bonds. The van der Waals surface area contributed by atoms with E-state index in [4.69, 9.17) is 22.1 Å². The first-order valence-corrected chi connectivity index (χ1v) is 6.77. The van der Waals surface area contributed by atoms with Crippen LogP contribution < -0.4 is 10.5 Å². The highest BCUT2D eigenvalue weighted by Gasteiger charge is 2.12. The molecule has 0 bridgehead atoms. The standard InChI is InChI=1S/C16H12ClFN2O/c17-12-5-3-7-14(15(12)18)21-16-11(9-19)8-10-4-1-2-6-13(10)20-16/h1-8H,9,19H2. The van der Waals surface area contributed by atoms with Gasteiger partial charge in [-0.25, -0.2) is 9.37 Å². The first-order chi connectivity index (χ1) is 10.2. The zero-order valence-corrected chi connectivity index (χ0v) is 11.8. The van der Waals surface area contributed by atoms with E-state index in [2.05, 4.69) is 4.98 Å². The molecule has 0 fully saturated rings. The zero-order chi connectivity index (χ0) is 14.8. The molecule has 0 radical (unpaired) electrons. The highest BCUT2D eigenvalue weighted by molar-refractivity contribution is 6.30. The highest BCUT2D eigenvalue weighted by Crippen LogP contribution is 2.31. The molecule has 106 valence electrons. The summed E-state index contributed by atoms with van der Waals surface area (Å²) < 4.78 is 19.5. The molecule has 2 aromatic carbocycles. The van der Waals surface area contributed by atoms with Gasteiger partial charge in [-0.1, -0.05) is 35.9 Å². The molecule has 5 heteroatoms. The van der Waals surface area contributed by atoms with Crippen LogP contribution in [0.15, 0.2) is 48.5 Å². The van der Waals surface area contributed by atoms with Gasteiger partial charge in [0.1, 0.15) is 0 Å². The molecule has 3 aromatic rings. The van der Waals surface area contributed by atoms with Gasteiger partial charge in [-0.2, -0.15) is 0 Å². The first-order valence-electron chi connectivity index (χ1n) is 6.39. The molecule has 0 saturated carbocycles. The minimum absolute atomic E-state index is 0.00240. The number of nitrogens with two attached hydrogens (primary N) is 1. The number of ether oxygens (including phenoxy) is 1. The van der Waals surface area contributed by atoms with E-state index in [1.54, 1.807) is 6.07 Å². The van der Waals surface area contributed by atoms with Gasteiger partial charge in [0.05, 0.1) is 10.5 Å². The number of hydrogen-bond donors (Lipinski definition) is 1. The quantitative estimate of drug-likeness (QED) is 0.785. The third-order valence-electron chi connectivity index (χ3n) is 3.11. The maximum Gasteiger partial charge on any atom is 0.224 e. The van der Waals surface area contributed by atoms with Crippen LogP contribution >= 0.6 is 11.6 Å². The number of pyridine rings is 1. The Balaban J connectivity index is 2.09. The molecule has 0 unspecified atom stereocenters. The molecule has 1 aromatic heterocycles. The minimum Gasteiger partial charge on any atom is -0.436 e. The topological polar surface area (TPSA) is 48.1 Å². The number of fused-ring (bicyclic) bond motifs is 1. The van der Waals surface area contributed by atoms with Crippen molar-refractivity contribution in [1.82, 2.24) is 4.98 Å². The summed E-state index contributed by atoms with van der Waals surface area (Å²) >= 11 is 5.75. The predicted octanol–water partition coefficient (Wildman–Crippen LogP) is 4.28. The molecule has 1 heterocycles. The molecule has 3 rings (SSSR count). The van der Waals surface area contributed by atoms with E-state index >= 15 is 0 Å². The average molecular weight is 303 g/mol. The van der Waals surface area contributed by atoms with Crippen molar-refractivity contribution in [2.45, 2.75) is 6.54 Å². The van der Waals surface area contributed by atoms with Gasteiger partial charge >= 0.3 is 0 Å². The summed E-state index contributed by atoms with van der Waals surface area (Å²) in [6.45, 7) is 0.245. The lowest BCUT2D eigenvalue weighted by atomic mass is 10.1. The summed E-state index contributed by atoms with van der Waals surface area (Å²) in [5, 5.41) is 0.958. The van der Waals surface area contributed by atoms with E-state index in [0.29, 0.717) is 5.56 Å². The largest absolute Gasteiger partial charge is 0.436 e. The molecule has 0 spiro atoms. The van der Waals surface area contributed by atoms with Crippen molar-refractivity contribution in [2.24, 2.45) is 5.73 Å². The van der Waals surface area contributed by atoms with Gasteiger partial charge in [-0.05, 0) is 24.3 Å². The molecule has 0 aliphatic heterocycles. The second-order valence-corrected chi connectivity index (χ2v) is 4.91. The Kier molecular flexibility index (Phi) is 3.73. The monoisotopic (exact) mass is 302 g/mol. The minimum atomic E-state index is -0.614. The van der Waals surface area contributed by atoms with Crippen molar-refractivity contribution >= 4 is 22.5 Å². The maximum absolute atomic E-state index is 13.9. The van der Waals surface area contributed by atoms with Gasteiger partial charge in [-0.3, -0.25) is 0 Å². The number of para-hydroxylation sites is 1. The van der Waals surface area contributed by atoms with Crippen molar-refractivity contribution in [3.05, 3.63) is 64.9 Å². The molecular formula is C16H12ClFN2O. The summed E-state index contributed by atoms with van der Waals surface area (Å²) in [5.41, 5.74) is 7.18. The van der Waals surface area contributed by atoms with Gasteiger partial charge < -0.3 is 10.5 Å². The number of halogens is 2. The molecule has 0 saturated heterocycles. The van der Waals surface area contributed by atoms with Crippen molar-refractivity contribution < 1.29 is 9.13 Å². The summed E-state index contributed by atoms with van der Waals surface area (Å²) in [4.78, 5) is 4.40. The Hall–Kier alpha value is -2.17. The van der Waals surface area contributed by atoms with Crippen LogP contribution in [0, 0.1) is 5.82 Å². The van der Waals surface area contributed by atoms with Gasteiger partial charge in [0, 0.05) is 17.5 Å². The lowest BCUT2D eigenvalue weighted by Crippen LogP contribution is -2.02. The van der Waals surface area contributed by atoms with Gasteiger partial charge in [0.2, 0.25) is 5.88 Å². The van der Waals surface area contributed by atoms with Crippen LogP contribution in [0.3, 0.4) is 0 Å². The number of aromatic nitrogens is 1. The van der Waals surface area contributed by atoms with Crippen molar-refractivity contribution in [1.29, 1.82) is 0 Å². The van der Waals surface area contributed by atoms with Gasteiger partial charge in [0.15, 0.2) is 11.6 Å². The second kappa shape index (κ2) is 5.68. The molecule has 3 nitrogen and oxygen atoms in total. The number of benzene rings is 2. The van der Waals surface area contributed by atoms with E-state index in [9.17, 15) is 4.39 Å². The van der Waals surface area contributed by atoms with Gasteiger partial charge in [-0.15, -0.1) is 0 Å². The van der Waals surface area contributed by atoms with Crippen LogP contribution in [0.5, 0.6) is 11.6 Å². The lowest BCUT2D eigenvalue weighted by Gasteiger charge is -2.11. The zero-order valence-electron chi connectivity index (χ0n) is 11.0. The number of nitrogens with zero attached hydrogens (tertiary/aromatic N) is 1. The van der Waals surface area contributed by atoms with E-state index < -0.39 is 5.82 Å². The van der Waals surface area contributed by atoms with Crippen molar-refractivity contribution in [3.63, 3.8) is 0 Å². The van der Waals surface area contributed by atoms with E-state index in [1.807, 2.05) is 30.3 Å². The molecule has 0 atom stereocenters. The SMILES string of the molecule is NCc1cc2ccccc2nc1Oc1cccc(Cl)c1F. The smallest absolute Gasteiger partial charge is 0.224 e. The fraction of sp³-hybridized carbons (Fsp3) is 0.0625. The molecule has 0 aliphatic carbocycles. The molecule has 0 aliphatic rings. The summed E-state index contributed by atoms with van der Waals surface area (Å²) in [5.74, 6) is -0.297. The summed E-state index contributed by atoms with van der Waals surface area (Å²) in [7, 11) is 0. The average Bonchev–Trinajstić information content (AvgIpc) is 2.51. The van der Waals surface area contributed by atoms with Crippen LogP contribution in [0.1, 0.15) is 5.56 Å². The number of hydrogen-bond acceptors (Lipinski definition) is 3. The van der Waals surface area contributed by atoms with Crippen LogP contribution in [0.2, 0.25) is 5.02 Å². The predicted molar refractivity (Wildman–Crippen MR) is 81.1 cm³/mol. The Labute approximate surface area is 126 Å². The molecule has 2 N–H and O–H groups in total. The maximum atomic E-state index is 13.9. The van der Waals surface area contributed by atoms with Crippen LogP contribution in [-0.2, 0) is 6.54 Å². The highest BCUT2D eigenvalue weighted by atomic mass is 35.5. The van der Waals surface area contributed by atoms with Crippen LogP contribution in [-0.4, -0.2) is 4.98 Å². The molecule has 21 heavy (non-hydrogen) atoms. The fourth-order valence-electron chi connectivity index (χ4n) is 2.04. The van der Waals surface area contributed by atoms with Gasteiger partial charge in [0.25, 0.3) is 0 Å². The lowest BCUT2D eigenvalue weighted by molar-refractivity contribution is 0.424. The van der Waals surface area contributed by atoms with Crippen molar-refractivity contribution in [3.8, 4) is 11.6 Å². The van der Waals surface area contributed by atoms with Crippen LogP contribution in [0.25, 0.3) is 10.9 Å². The Bertz CT molecular complexity index is 807. The summed E-state index contributed by atoms with van der Waals surface area (Å²) in [6.07, 6.45) is 0. The Morgan fingerprint density at radius 2 is 1.95 bits per heavy atom. The van der Waals surface area contributed by atoms with Crippen LogP contribution in [0.4, 0.5) is 4.39 Å². The second-order valence-electron chi connectivity index (χ2n) is 4.50. The Morgan fingerprint density at radius 1 is 1.14 bits per heavy atom. The van der Waals surface area contributed by atoms with E-state index in [0.717, 1.165) is 10.9 Å². The first kappa shape index (κ1) is 13.8. The molecular weight excluding hydrogens is 291 g/mol. The third kappa shape index (κ3) is 2.68. The van der Waals surface area contributed by atoms with E-state index in [1.165, 1.54) is 12.1 Å². The Morgan fingerprint density at radius 3 is 2.76 bits per heavy atom. The summed E-state index contributed by atoms with van der Waals surface area (Å²) in [6, 6.07) is 14.1. The van der Waals surface area contributed by atoms with Crippen molar-refractivity contribution in [2.75, 3.05) is 0 Å². The third-order valence-corrected chi connectivity index (χ3v) is 3.40. The number of rotatable bonds is 3. The van der Waals surface area contributed by atoms with E-state index in [-0.39, 0.29) is 23.2 Å². The normalized spacial score (nSPS) is 10.8. The fourth-order valence-corrected chi connectivity index (χ4v) is 2.21.